The minimum Gasteiger partial charge on any atom is -0.431 e. The molecule has 2 aromatic carbocycles. The maximum Gasteiger partial charge on any atom is 0.514 e. The van der Waals surface area contributed by atoms with Crippen molar-refractivity contribution in [3.05, 3.63) is 60.7 Å². The molecule has 0 saturated carbocycles. The number of nitrogens with zero attached hydrogens (tertiary/aromatic N) is 1. The van der Waals surface area contributed by atoms with Crippen LogP contribution in [0.25, 0.3) is 0 Å². The largest absolute Gasteiger partial charge is 0.514 e. The second kappa shape index (κ2) is 8.19. The highest BCUT2D eigenvalue weighted by Gasteiger charge is 2.27. The SMILES string of the molecule is O=C(Oc1ccccc1)OC1CCN(C(=O)Oc2ccccc2)CC1. The lowest BCUT2D eigenvalue weighted by atomic mass is 10.1. The highest BCUT2D eigenvalue weighted by molar-refractivity contribution is 5.70. The van der Waals surface area contributed by atoms with Gasteiger partial charge < -0.3 is 19.1 Å². The fourth-order valence-electron chi connectivity index (χ4n) is 2.56. The third kappa shape index (κ3) is 4.97. The molecule has 1 aliphatic heterocycles. The van der Waals surface area contributed by atoms with Gasteiger partial charge in [-0.25, -0.2) is 9.59 Å². The van der Waals surface area contributed by atoms with Crippen molar-refractivity contribution in [1.29, 1.82) is 0 Å². The van der Waals surface area contributed by atoms with Crippen LogP contribution in [0, 0.1) is 0 Å². The molecular formula is C19H19NO5. The second-order valence-corrected chi connectivity index (χ2v) is 5.65. The fourth-order valence-corrected chi connectivity index (χ4v) is 2.56. The fraction of sp³-hybridized carbons (Fsp3) is 0.263. The Hall–Kier alpha value is -3.02. The zero-order valence-corrected chi connectivity index (χ0v) is 13.7. The maximum absolute atomic E-state index is 12.1. The summed E-state index contributed by atoms with van der Waals surface area (Å²) >= 11 is 0. The van der Waals surface area contributed by atoms with E-state index in [2.05, 4.69) is 0 Å². The number of hydrogen-bond donors (Lipinski definition) is 0. The number of amides is 1. The maximum atomic E-state index is 12.1. The average molecular weight is 341 g/mol. The van der Waals surface area contributed by atoms with Crippen LogP contribution in [-0.4, -0.2) is 36.3 Å². The molecule has 6 nitrogen and oxygen atoms in total. The van der Waals surface area contributed by atoms with Crippen molar-refractivity contribution in [2.75, 3.05) is 13.1 Å². The topological polar surface area (TPSA) is 65.1 Å². The summed E-state index contributed by atoms with van der Waals surface area (Å²) in [5, 5.41) is 0. The molecule has 0 radical (unpaired) electrons. The molecule has 0 unspecified atom stereocenters. The Morgan fingerprint density at radius 2 is 1.32 bits per heavy atom. The first-order valence-corrected chi connectivity index (χ1v) is 8.16. The van der Waals surface area contributed by atoms with Gasteiger partial charge in [0, 0.05) is 25.9 Å². The van der Waals surface area contributed by atoms with Gasteiger partial charge in [0.15, 0.2) is 0 Å². The molecule has 1 fully saturated rings. The molecule has 1 amide bonds. The molecule has 1 heterocycles. The summed E-state index contributed by atoms with van der Waals surface area (Å²) in [6, 6.07) is 17.7. The van der Waals surface area contributed by atoms with Crippen LogP contribution >= 0.6 is 0 Å². The van der Waals surface area contributed by atoms with Crippen molar-refractivity contribution in [1.82, 2.24) is 4.90 Å². The minimum absolute atomic E-state index is 0.267. The lowest BCUT2D eigenvalue weighted by Crippen LogP contribution is -2.42. The number of para-hydroxylation sites is 2. The lowest BCUT2D eigenvalue weighted by Gasteiger charge is -2.30. The number of carbonyl (C=O) groups excluding carboxylic acids is 2. The molecule has 6 heteroatoms. The van der Waals surface area contributed by atoms with Crippen LogP contribution < -0.4 is 9.47 Å². The summed E-state index contributed by atoms with van der Waals surface area (Å²) in [5.41, 5.74) is 0. The van der Waals surface area contributed by atoms with Gasteiger partial charge in [0.1, 0.15) is 17.6 Å². The van der Waals surface area contributed by atoms with Crippen LogP contribution in [0.15, 0.2) is 60.7 Å². The van der Waals surface area contributed by atoms with Crippen LogP contribution in [0.5, 0.6) is 11.5 Å². The summed E-state index contributed by atoms with van der Waals surface area (Å²) in [6.07, 6.45) is -0.285. The van der Waals surface area contributed by atoms with Crippen LogP contribution in [0.3, 0.4) is 0 Å². The van der Waals surface area contributed by atoms with Crippen molar-refractivity contribution in [3.8, 4) is 11.5 Å². The van der Waals surface area contributed by atoms with Gasteiger partial charge in [-0.2, -0.15) is 0 Å². The zero-order chi connectivity index (χ0) is 17.5. The summed E-state index contributed by atoms with van der Waals surface area (Å²) in [6.45, 7) is 0.934. The van der Waals surface area contributed by atoms with Crippen LogP contribution in [0.1, 0.15) is 12.8 Å². The smallest absolute Gasteiger partial charge is 0.431 e. The minimum atomic E-state index is -0.725. The highest BCUT2D eigenvalue weighted by Crippen LogP contribution is 2.18. The number of likely N-dealkylation sites (tertiary alicyclic amines) is 1. The average Bonchev–Trinajstić information content (AvgIpc) is 2.64. The van der Waals surface area contributed by atoms with Crippen LogP contribution in [0.2, 0.25) is 0 Å². The normalized spacial score (nSPS) is 14.6. The molecule has 25 heavy (non-hydrogen) atoms. The van der Waals surface area contributed by atoms with Crippen LogP contribution in [0.4, 0.5) is 9.59 Å². The predicted molar refractivity (Wildman–Crippen MR) is 90.6 cm³/mol. The first-order chi connectivity index (χ1) is 12.2. The Balaban J connectivity index is 1.42. The van der Waals surface area contributed by atoms with E-state index in [1.807, 2.05) is 12.1 Å². The molecule has 0 atom stereocenters. The first kappa shape index (κ1) is 16.8. The zero-order valence-electron chi connectivity index (χ0n) is 13.7. The number of piperidine rings is 1. The molecule has 130 valence electrons. The third-order valence-electron chi connectivity index (χ3n) is 3.86. The van der Waals surface area contributed by atoms with Gasteiger partial charge in [-0.15, -0.1) is 0 Å². The second-order valence-electron chi connectivity index (χ2n) is 5.65. The van der Waals surface area contributed by atoms with Gasteiger partial charge in [0.25, 0.3) is 0 Å². The van der Waals surface area contributed by atoms with Gasteiger partial charge in [-0.3, -0.25) is 0 Å². The van der Waals surface area contributed by atoms with E-state index in [4.69, 9.17) is 14.2 Å². The highest BCUT2D eigenvalue weighted by atomic mass is 16.7. The quantitative estimate of drug-likeness (QED) is 0.626. The van der Waals surface area contributed by atoms with E-state index < -0.39 is 12.2 Å². The molecule has 2 aromatic rings. The molecule has 3 rings (SSSR count). The van der Waals surface area contributed by atoms with Gasteiger partial charge in [0.2, 0.25) is 0 Å². The summed E-state index contributed by atoms with van der Waals surface area (Å²) in [5.74, 6) is 0.952. The van der Waals surface area contributed by atoms with E-state index in [9.17, 15) is 9.59 Å². The molecule has 0 aliphatic carbocycles. The van der Waals surface area contributed by atoms with Crippen molar-refractivity contribution in [2.24, 2.45) is 0 Å². The number of ether oxygens (including phenoxy) is 3. The number of benzene rings is 2. The Morgan fingerprint density at radius 3 is 1.88 bits per heavy atom. The van der Waals surface area contributed by atoms with E-state index in [1.165, 1.54) is 0 Å². The lowest BCUT2D eigenvalue weighted by molar-refractivity contribution is 0.0274. The van der Waals surface area contributed by atoms with E-state index >= 15 is 0 Å². The van der Waals surface area contributed by atoms with Gasteiger partial charge in [-0.1, -0.05) is 36.4 Å². The Kier molecular flexibility index (Phi) is 5.51. The molecule has 0 aromatic heterocycles. The van der Waals surface area contributed by atoms with E-state index in [0.29, 0.717) is 37.4 Å². The van der Waals surface area contributed by atoms with Gasteiger partial charge in [0.05, 0.1) is 0 Å². The van der Waals surface area contributed by atoms with Crippen molar-refractivity contribution in [2.45, 2.75) is 18.9 Å². The number of hydrogen-bond acceptors (Lipinski definition) is 5. The van der Waals surface area contributed by atoms with E-state index in [-0.39, 0.29) is 6.10 Å². The Morgan fingerprint density at radius 1 is 0.800 bits per heavy atom. The van der Waals surface area contributed by atoms with Crippen molar-refractivity contribution >= 4 is 12.2 Å². The number of carbonyl (C=O) groups is 2. The van der Waals surface area contributed by atoms with Gasteiger partial charge in [-0.05, 0) is 24.3 Å². The summed E-state index contributed by atoms with van der Waals surface area (Å²) in [7, 11) is 0. The molecular weight excluding hydrogens is 322 g/mol. The first-order valence-electron chi connectivity index (χ1n) is 8.16. The van der Waals surface area contributed by atoms with Gasteiger partial charge >= 0.3 is 12.2 Å². The monoisotopic (exact) mass is 341 g/mol. The van der Waals surface area contributed by atoms with Crippen molar-refractivity contribution in [3.63, 3.8) is 0 Å². The Labute approximate surface area is 145 Å². The molecule has 0 bridgehead atoms. The third-order valence-corrected chi connectivity index (χ3v) is 3.86. The van der Waals surface area contributed by atoms with Crippen molar-refractivity contribution < 1.29 is 23.8 Å². The Bertz CT molecular complexity index is 696. The molecule has 0 N–H and O–H groups in total. The molecule has 1 saturated heterocycles. The standard InChI is InChI=1S/C19H19NO5/c21-18(23-15-7-3-1-4-8-15)20-13-11-17(12-14-20)25-19(22)24-16-9-5-2-6-10-16/h1-10,17H,11-14H2. The summed E-state index contributed by atoms with van der Waals surface area (Å²) < 4.78 is 15.7. The predicted octanol–water partition coefficient (Wildman–Crippen LogP) is 3.87. The van der Waals surface area contributed by atoms with Crippen LogP contribution in [-0.2, 0) is 4.74 Å². The van der Waals surface area contributed by atoms with E-state index in [0.717, 1.165) is 0 Å². The molecule has 1 aliphatic rings. The summed E-state index contributed by atoms with van der Waals surface area (Å²) in [4.78, 5) is 25.5. The molecule has 0 spiro atoms. The number of rotatable bonds is 3. The van der Waals surface area contributed by atoms with E-state index in [1.54, 1.807) is 53.4 Å².